The van der Waals surface area contributed by atoms with E-state index in [0.717, 1.165) is 18.4 Å². The Morgan fingerprint density at radius 2 is 1.89 bits per heavy atom. The van der Waals surface area contributed by atoms with Crippen molar-refractivity contribution in [3.8, 4) is 0 Å². The maximum atomic E-state index is 13.9. The molecule has 19 heavy (non-hydrogen) atoms. The third kappa shape index (κ3) is 2.06. The molecule has 0 aliphatic heterocycles. The van der Waals surface area contributed by atoms with E-state index in [0.29, 0.717) is 11.8 Å². The van der Waals surface area contributed by atoms with E-state index in [1.807, 2.05) is 0 Å². The van der Waals surface area contributed by atoms with Gasteiger partial charge < -0.3 is 5.32 Å². The topological polar surface area (TPSA) is 12.0 Å². The fourth-order valence-corrected chi connectivity index (χ4v) is 4.08. The fourth-order valence-electron chi connectivity index (χ4n) is 4.08. The Morgan fingerprint density at radius 3 is 2.47 bits per heavy atom. The number of hydrogen-bond acceptors (Lipinski definition) is 1. The molecule has 4 heteroatoms. The van der Waals surface area contributed by atoms with Gasteiger partial charge in [-0.25, -0.2) is 13.2 Å². The Hall–Kier alpha value is -1.03. The second-order valence-electron chi connectivity index (χ2n) is 5.87. The van der Waals surface area contributed by atoms with Gasteiger partial charge in [-0.1, -0.05) is 12.5 Å². The zero-order valence-corrected chi connectivity index (χ0v) is 10.9. The summed E-state index contributed by atoms with van der Waals surface area (Å²) in [5.41, 5.74) is 0.263. The van der Waals surface area contributed by atoms with Gasteiger partial charge in [0, 0.05) is 11.6 Å². The van der Waals surface area contributed by atoms with Crippen molar-refractivity contribution in [2.45, 2.75) is 31.7 Å². The molecule has 0 aromatic heterocycles. The van der Waals surface area contributed by atoms with E-state index in [1.54, 1.807) is 7.05 Å². The lowest BCUT2D eigenvalue weighted by Gasteiger charge is -2.31. The van der Waals surface area contributed by atoms with Gasteiger partial charge in [0.2, 0.25) is 0 Å². The fraction of sp³-hybridized carbons (Fsp3) is 0.600. The van der Waals surface area contributed by atoms with Gasteiger partial charge >= 0.3 is 0 Å². The smallest absolute Gasteiger partial charge is 0.194 e. The van der Waals surface area contributed by atoms with E-state index in [1.165, 1.54) is 25.3 Å². The van der Waals surface area contributed by atoms with Crippen LogP contribution in [0.3, 0.4) is 0 Å². The number of benzene rings is 1. The van der Waals surface area contributed by atoms with Crippen LogP contribution < -0.4 is 5.32 Å². The number of nitrogens with one attached hydrogen (secondary N) is 1. The Kier molecular flexibility index (Phi) is 3.29. The van der Waals surface area contributed by atoms with E-state index in [2.05, 4.69) is 5.32 Å². The maximum Gasteiger partial charge on any atom is 0.194 e. The van der Waals surface area contributed by atoms with E-state index in [9.17, 15) is 13.2 Å². The summed E-state index contributed by atoms with van der Waals surface area (Å²) in [6.45, 7) is 0. The Bertz CT molecular complexity index is 489. The average molecular weight is 269 g/mol. The molecule has 1 aromatic carbocycles. The first-order valence-electron chi connectivity index (χ1n) is 6.92. The highest BCUT2D eigenvalue weighted by atomic mass is 19.2. The van der Waals surface area contributed by atoms with Gasteiger partial charge in [-0.05, 0) is 50.1 Å². The minimum atomic E-state index is -1.36. The molecule has 2 aliphatic rings. The summed E-state index contributed by atoms with van der Waals surface area (Å²) in [5, 5.41) is 3.10. The lowest BCUT2D eigenvalue weighted by atomic mass is 9.80. The lowest BCUT2D eigenvalue weighted by molar-refractivity contribution is 0.253. The molecule has 1 nitrogen and oxygen atoms in total. The molecule has 4 unspecified atom stereocenters. The highest BCUT2D eigenvalue weighted by molar-refractivity contribution is 5.25. The van der Waals surface area contributed by atoms with Crippen LogP contribution in [0.4, 0.5) is 13.2 Å². The second-order valence-corrected chi connectivity index (χ2v) is 5.87. The van der Waals surface area contributed by atoms with E-state index in [-0.39, 0.29) is 11.6 Å². The molecule has 4 atom stereocenters. The third-order valence-corrected chi connectivity index (χ3v) is 4.93. The van der Waals surface area contributed by atoms with Crippen LogP contribution in [0.15, 0.2) is 12.1 Å². The molecule has 2 aliphatic carbocycles. The van der Waals surface area contributed by atoms with E-state index >= 15 is 0 Å². The zero-order valence-electron chi connectivity index (χ0n) is 10.9. The Morgan fingerprint density at radius 1 is 1.11 bits per heavy atom. The number of hydrogen-bond donors (Lipinski definition) is 1. The molecule has 1 aromatic rings. The largest absolute Gasteiger partial charge is 0.313 e. The average Bonchev–Trinajstić information content (AvgIpc) is 3.02. The van der Waals surface area contributed by atoms with Crippen LogP contribution in [0.1, 0.15) is 37.3 Å². The van der Waals surface area contributed by atoms with Crippen molar-refractivity contribution in [3.05, 3.63) is 35.1 Å². The predicted octanol–water partition coefficient (Wildman–Crippen LogP) is 3.80. The Labute approximate surface area is 111 Å². The van der Waals surface area contributed by atoms with Crippen LogP contribution >= 0.6 is 0 Å². The van der Waals surface area contributed by atoms with Gasteiger partial charge in [0.1, 0.15) is 0 Å². The second kappa shape index (κ2) is 4.82. The van der Waals surface area contributed by atoms with Gasteiger partial charge in [-0.15, -0.1) is 0 Å². The standard InChI is InChI=1S/C15H18F3N/c1-19-15(11-7-8-2-3-9(11)6-8)10-4-5-12(16)14(18)13(10)17/h4-5,8-9,11,15,19H,2-3,6-7H2,1H3. The summed E-state index contributed by atoms with van der Waals surface area (Å²) in [4.78, 5) is 0. The van der Waals surface area contributed by atoms with Crippen molar-refractivity contribution in [1.82, 2.24) is 5.32 Å². The number of rotatable bonds is 3. The summed E-state index contributed by atoms with van der Waals surface area (Å²) in [5.74, 6) is -1.86. The predicted molar refractivity (Wildman–Crippen MR) is 67.1 cm³/mol. The normalized spacial score (nSPS) is 30.8. The van der Waals surface area contributed by atoms with E-state index in [4.69, 9.17) is 0 Å². The van der Waals surface area contributed by atoms with Gasteiger partial charge in [0.15, 0.2) is 17.5 Å². The summed E-state index contributed by atoms with van der Waals surface area (Å²) >= 11 is 0. The van der Waals surface area contributed by atoms with Crippen molar-refractivity contribution in [2.24, 2.45) is 17.8 Å². The van der Waals surface area contributed by atoms with Gasteiger partial charge in [-0.2, -0.15) is 0 Å². The van der Waals surface area contributed by atoms with Crippen molar-refractivity contribution in [3.63, 3.8) is 0 Å². The highest BCUT2D eigenvalue weighted by Gasteiger charge is 2.43. The lowest BCUT2D eigenvalue weighted by Crippen LogP contribution is -2.30. The SMILES string of the molecule is CNC(c1ccc(F)c(F)c1F)C1CC2CCC1C2. The minimum Gasteiger partial charge on any atom is -0.313 e. The molecule has 2 saturated carbocycles. The van der Waals surface area contributed by atoms with Crippen molar-refractivity contribution < 1.29 is 13.2 Å². The van der Waals surface area contributed by atoms with E-state index < -0.39 is 17.5 Å². The van der Waals surface area contributed by atoms with Gasteiger partial charge in [0.05, 0.1) is 0 Å². The molecule has 1 N–H and O–H groups in total. The first-order chi connectivity index (χ1) is 9.11. The third-order valence-electron chi connectivity index (χ3n) is 4.93. The highest BCUT2D eigenvalue weighted by Crippen LogP contribution is 2.52. The Balaban J connectivity index is 1.93. The van der Waals surface area contributed by atoms with Crippen LogP contribution in [0.5, 0.6) is 0 Å². The van der Waals surface area contributed by atoms with Crippen molar-refractivity contribution >= 4 is 0 Å². The molecular formula is C15H18F3N. The molecule has 2 fully saturated rings. The molecular weight excluding hydrogens is 251 g/mol. The molecule has 0 saturated heterocycles. The quantitative estimate of drug-likeness (QED) is 0.823. The molecule has 104 valence electrons. The summed E-state index contributed by atoms with van der Waals surface area (Å²) in [6, 6.07) is 2.18. The number of fused-ring (bicyclic) bond motifs is 2. The molecule has 3 rings (SSSR count). The summed E-state index contributed by atoms with van der Waals surface area (Å²) in [6.07, 6.45) is 4.71. The zero-order chi connectivity index (χ0) is 13.6. The molecule has 0 heterocycles. The minimum absolute atomic E-state index is 0.217. The van der Waals surface area contributed by atoms with Crippen LogP contribution in [0, 0.1) is 35.2 Å². The molecule has 0 radical (unpaired) electrons. The molecule has 2 bridgehead atoms. The molecule has 0 amide bonds. The first-order valence-corrected chi connectivity index (χ1v) is 6.92. The van der Waals surface area contributed by atoms with Gasteiger partial charge in [-0.3, -0.25) is 0 Å². The van der Waals surface area contributed by atoms with Crippen LogP contribution in [0.25, 0.3) is 0 Å². The van der Waals surface area contributed by atoms with Crippen LogP contribution in [0.2, 0.25) is 0 Å². The number of halogens is 3. The van der Waals surface area contributed by atoms with Crippen molar-refractivity contribution in [1.29, 1.82) is 0 Å². The van der Waals surface area contributed by atoms with Crippen LogP contribution in [-0.2, 0) is 0 Å². The molecule has 0 spiro atoms. The first kappa shape index (κ1) is 13.0. The monoisotopic (exact) mass is 269 g/mol. The summed E-state index contributed by atoms with van der Waals surface area (Å²) in [7, 11) is 1.76. The maximum absolute atomic E-state index is 13.9. The van der Waals surface area contributed by atoms with Crippen molar-refractivity contribution in [2.75, 3.05) is 7.05 Å². The summed E-state index contributed by atoms with van der Waals surface area (Å²) < 4.78 is 40.3. The van der Waals surface area contributed by atoms with Gasteiger partial charge in [0.25, 0.3) is 0 Å². The van der Waals surface area contributed by atoms with Crippen LogP contribution in [-0.4, -0.2) is 7.05 Å².